The minimum Gasteiger partial charge on any atom is -0.361 e. The second-order valence-electron chi connectivity index (χ2n) is 9.74. The van der Waals surface area contributed by atoms with E-state index in [0.29, 0.717) is 22.5 Å². The number of aromatic amines is 1. The number of nitrogens with zero attached hydrogens (tertiary/aromatic N) is 1. The first-order chi connectivity index (χ1) is 21.3. The van der Waals surface area contributed by atoms with Crippen LogP contribution in [0.5, 0.6) is 0 Å². The number of hydrogen-bond acceptors (Lipinski definition) is 6. The molecule has 0 unspecified atom stereocenters. The molecule has 10 nitrogen and oxygen atoms in total. The lowest BCUT2D eigenvalue weighted by Gasteiger charge is -2.12. The predicted molar refractivity (Wildman–Crippen MR) is 172 cm³/mol. The molecule has 11 heteroatoms. The number of amides is 3. The van der Waals surface area contributed by atoms with Crippen molar-refractivity contribution in [3.63, 3.8) is 0 Å². The van der Waals surface area contributed by atoms with Gasteiger partial charge >= 0.3 is 0 Å². The number of carbonyl (C=O) groups excluding carboxylic acids is 3. The van der Waals surface area contributed by atoms with E-state index in [0.717, 1.165) is 21.4 Å². The van der Waals surface area contributed by atoms with Crippen LogP contribution in [0.4, 0.5) is 17.1 Å². The van der Waals surface area contributed by atoms with Crippen LogP contribution in [0.3, 0.4) is 0 Å². The standard InChI is InChI=1S/C33H27N5O5S/c1-21-16-25(38(42)43)14-15-28(21)36-31(39)20-44-26-11-7-10-24(18-26)35-33(41)30(37-32(40)22-8-3-2-4-9-22)17-23-19-34-29-13-6-5-12-27(23)29/h2-19,34H,20H2,1H3,(H,35,41)(H,36,39)(H,37,40)/b30-17-. The molecule has 0 atom stereocenters. The number of benzene rings is 4. The molecular weight excluding hydrogens is 578 g/mol. The summed E-state index contributed by atoms with van der Waals surface area (Å²) in [6.07, 6.45) is 3.39. The minimum absolute atomic E-state index is 0.0483. The zero-order valence-corrected chi connectivity index (χ0v) is 24.3. The molecule has 4 N–H and O–H groups in total. The van der Waals surface area contributed by atoms with Crippen molar-refractivity contribution in [2.75, 3.05) is 16.4 Å². The first-order valence-electron chi connectivity index (χ1n) is 13.5. The van der Waals surface area contributed by atoms with Gasteiger partial charge in [0, 0.05) is 56.6 Å². The van der Waals surface area contributed by atoms with Crippen LogP contribution in [-0.4, -0.2) is 33.4 Å². The second kappa shape index (κ2) is 13.5. The van der Waals surface area contributed by atoms with Crippen LogP contribution in [0.25, 0.3) is 17.0 Å². The van der Waals surface area contributed by atoms with Crippen molar-refractivity contribution in [3.05, 3.63) is 136 Å². The van der Waals surface area contributed by atoms with Crippen molar-refractivity contribution in [1.82, 2.24) is 10.3 Å². The number of fused-ring (bicyclic) bond motifs is 1. The van der Waals surface area contributed by atoms with E-state index in [-0.39, 0.29) is 23.0 Å². The summed E-state index contributed by atoms with van der Waals surface area (Å²) in [5.74, 6) is -1.15. The second-order valence-corrected chi connectivity index (χ2v) is 10.8. The number of rotatable bonds is 10. The number of carbonyl (C=O) groups is 3. The van der Waals surface area contributed by atoms with Gasteiger partial charge in [0.2, 0.25) is 5.91 Å². The van der Waals surface area contributed by atoms with E-state index in [1.165, 1.54) is 30.0 Å². The predicted octanol–water partition coefficient (Wildman–Crippen LogP) is 6.52. The van der Waals surface area contributed by atoms with Crippen LogP contribution in [-0.2, 0) is 9.59 Å². The van der Waals surface area contributed by atoms with E-state index in [1.54, 1.807) is 67.7 Å². The van der Waals surface area contributed by atoms with E-state index in [2.05, 4.69) is 20.9 Å². The van der Waals surface area contributed by atoms with Crippen LogP contribution < -0.4 is 16.0 Å². The Balaban J connectivity index is 1.29. The Morgan fingerprint density at radius 1 is 0.909 bits per heavy atom. The maximum atomic E-state index is 13.5. The maximum absolute atomic E-state index is 13.5. The molecule has 44 heavy (non-hydrogen) atoms. The molecule has 1 heterocycles. The van der Waals surface area contributed by atoms with Gasteiger partial charge in [-0.2, -0.15) is 0 Å². The van der Waals surface area contributed by atoms with Gasteiger partial charge in [-0.1, -0.05) is 42.5 Å². The number of para-hydroxylation sites is 1. The number of thioether (sulfide) groups is 1. The highest BCUT2D eigenvalue weighted by Crippen LogP contribution is 2.25. The SMILES string of the molecule is Cc1cc([N+](=O)[O-])ccc1NC(=O)CSc1cccc(NC(=O)/C(=C/c2c[nH]c3ccccc23)NC(=O)c2ccccc2)c1. The Morgan fingerprint density at radius 3 is 2.45 bits per heavy atom. The summed E-state index contributed by atoms with van der Waals surface area (Å²) >= 11 is 1.26. The van der Waals surface area contributed by atoms with Crippen LogP contribution in [0, 0.1) is 17.0 Å². The Bertz CT molecular complexity index is 1900. The molecule has 0 saturated carbocycles. The number of anilines is 2. The average Bonchev–Trinajstić information content (AvgIpc) is 3.44. The molecule has 0 radical (unpaired) electrons. The van der Waals surface area contributed by atoms with E-state index in [9.17, 15) is 24.5 Å². The van der Waals surface area contributed by atoms with Crippen molar-refractivity contribution < 1.29 is 19.3 Å². The Morgan fingerprint density at radius 2 is 1.68 bits per heavy atom. The van der Waals surface area contributed by atoms with Crippen LogP contribution in [0.15, 0.2) is 114 Å². The van der Waals surface area contributed by atoms with Gasteiger partial charge < -0.3 is 20.9 Å². The summed E-state index contributed by atoms with van der Waals surface area (Å²) in [7, 11) is 0. The third-order valence-electron chi connectivity index (χ3n) is 6.61. The van der Waals surface area contributed by atoms with E-state index in [4.69, 9.17) is 0 Å². The maximum Gasteiger partial charge on any atom is 0.272 e. The van der Waals surface area contributed by atoms with Gasteiger partial charge in [-0.3, -0.25) is 24.5 Å². The highest BCUT2D eigenvalue weighted by Gasteiger charge is 2.17. The lowest BCUT2D eigenvalue weighted by Crippen LogP contribution is -2.30. The number of non-ortho nitro benzene ring substituents is 1. The van der Waals surface area contributed by atoms with Gasteiger partial charge in [-0.05, 0) is 61.0 Å². The summed E-state index contributed by atoms with van der Waals surface area (Å²) in [6, 6.07) is 27.5. The summed E-state index contributed by atoms with van der Waals surface area (Å²) in [4.78, 5) is 53.5. The highest BCUT2D eigenvalue weighted by molar-refractivity contribution is 8.00. The molecule has 0 bridgehead atoms. The van der Waals surface area contributed by atoms with E-state index >= 15 is 0 Å². The Hall–Kier alpha value is -5.68. The third-order valence-corrected chi connectivity index (χ3v) is 7.60. The van der Waals surface area contributed by atoms with E-state index in [1.807, 2.05) is 30.3 Å². The molecular formula is C33H27N5O5S. The molecule has 220 valence electrons. The van der Waals surface area contributed by atoms with E-state index < -0.39 is 16.7 Å². The lowest BCUT2D eigenvalue weighted by molar-refractivity contribution is -0.384. The summed E-state index contributed by atoms with van der Waals surface area (Å²) in [6.45, 7) is 1.69. The highest BCUT2D eigenvalue weighted by atomic mass is 32.2. The summed E-state index contributed by atoms with van der Waals surface area (Å²) in [5.41, 5.74) is 3.60. The molecule has 0 aliphatic heterocycles. The van der Waals surface area contributed by atoms with Gasteiger partial charge in [0.25, 0.3) is 17.5 Å². The Kier molecular flexibility index (Phi) is 9.16. The fourth-order valence-corrected chi connectivity index (χ4v) is 5.17. The number of nitro benzene ring substituents is 1. The molecule has 0 saturated heterocycles. The number of hydrogen-bond donors (Lipinski definition) is 4. The summed E-state index contributed by atoms with van der Waals surface area (Å²) < 4.78 is 0. The van der Waals surface area contributed by atoms with Crippen molar-refractivity contribution in [1.29, 1.82) is 0 Å². The van der Waals surface area contributed by atoms with Crippen LogP contribution in [0.1, 0.15) is 21.5 Å². The zero-order valence-electron chi connectivity index (χ0n) is 23.5. The zero-order chi connectivity index (χ0) is 31.1. The number of nitro groups is 1. The number of aryl methyl sites for hydroxylation is 1. The van der Waals surface area contributed by atoms with Crippen LogP contribution in [0.2, 0.25) is 0 Å². The number of aromatic nitrogens is 1. The molecule has 5 aromatic rings. The van der Waals surface area contributed by atoms with Gasteiger partial charge in [0.05, 0.1) is 10.7 Å². The van der Waals surface area contributed by atoms with Crippen molar-refractivity contribution >= 4 is 63.5 Å². The average molecular weight is 606 g/mol. The lowest BCUT2D eigenvalue weighted by atomic mass is 10.1. The van der Waals surface area contributed by atoms with Crippen LogP contribution >= 0.6 is 11.8 Å². The van der Waals surface area contributed by atoms with Gasteiger partial charge in [0.15, 0.2) is 0 Å². The molecule has 0 aliphatic rings. The fraction of sp³-hybridized carbons (Fsp3) is 0.0606. The quantitative estimate of drug-likeness (QED) is 0.0617. The largest absolute Gasteiger partial charge is 0.361 e. The van der Waals surface area contributed by atoms with Gasteiger partial charge in [0.1, 0.15) is 5.70 Å². The first-order valence-corrected chi connectivity index (χ1v) is 14.5. The summed E-state index contributed by atoms with van der Waals surface area (Å²) in [5, 5.41) is 20.2. The number of H-pyrrole nitrogens is 1. The molecule has 5 rings (SSSR count). The van der Waals surface area contributed by atoms with Crippen molar-refractivity contribution in [2.24, 2.45) is 0 Å². The van der Waals surface area contributed by atoms with Crippen molar-refractivity contribution in [3.8, 4) is 0 Å². The molecule has 4 aromatic carbocycles. The number of nitrogens with one attached hydrogen (secondary N) is 4. The smallest absolute Gasteiger partial charge is 0.272 e. The first kappa shape index (κ1) is 29.8. The molecule has 0 fully saturated rings. The van der Waals surface area contributed by atoms with Crippen molar-refractivity contribution in [2.45, 2.75) is 11.8 Å². The normalized spacial score (nSPS) is 11.2. The molecule has 0 aliphatic carbocycles. The monoisotopic (exact) mass is 605 g/mol. The minimum atomic E-state index is -0.520. The molecule has 0 spiro atoms. The third kappa shape index (κ3) is 7.39. The topological polar surface area (TPSA) is 146 Å². The molecule has 3 amide bonds. The molecule has 1 aromatic heterocycles. The van der Waals surface area contributed by atoms with Gasteiger partial charge in [-0.15, -0.1) is 11.8 Å². The fourth-order valence-electron chi connectivity index (χ4n) is 4.41. The Labute approximate surface area is 256 Å². The van der Waals surface area contributed by atoms with Gasteiger partial charge in [-0.25, -0.2) is 0 Å².